The Balaban J connectivity index is 2.06. The first kappa shape index (κ1) is 14.6. The Bertz CT molecular complexity index is 522. The molecule has 3 heteroatoms. The summed E-state index contributed by atoms with van der Waals surface area (Å²) in [5, 5.41) is 10.2. The number of aliphatic hydroxyl groups is 1. The maximum Gasteiger partial charge on any atom is 0.127 e. The van der Waals surface area contributed by atoms with Crippen LogP contribution < -0.4 is 10.5 Å². The Kier molecular flexibility index (Phi) is 4.77. The van der Waals surface area contributed by atoms with Crippen molar-refractivity contribution in [3.63, 3.8) is 0 Å². The normalized spacial score (nSPS) is 14.1. The topological polar surface area (TPSA) is 55.5 Å². The van der Waals surface area contributed by atoms with Gasteiger partial charge in [-0.15, -0.1) is 0 Å². The van der Waals surface area contributed by atoms with Gasteiger partial charge in [0.2, 0.25) is 0 Å². The van der Waals surface area contributed by atoms with E-state index in [9.17, 15) is 5.11 Å². The summed E-state index contributed by atoms with van der Waals surface area (Å²) in [7, 11) is 0. The lowest BCUT2D eigenvalue weighted by Crippen LogP contribution is -2.33. The molecule has 0 spiro atoms. The van der Waals surface area contributed by atoms with E-state index in [1.165, 1.54) is 0 Å². The highest BCUT2D eigenvalue weighted by atomic mass is 16.5. The first-order valence-electron chi connectivity index (χ1n) is 6.84. The first-order valence-corrected chi connectivity index (χ1v) is 6.84. The standard InChI is InChI=1S/C17H21NO2/c1-12(2)16(18)17(19)13-8-10-15(11-9-13)20-14-6-4-3-5-7-14/h3-12,16-17,19H,18H2,1-2H3. The molecule has 2 aromatic rings. The first-order chi connectivity index (χ1) is 9.58. The molecule has 0 radical (unpaired) electrons. The number of aliphatic hydroxyl groups excluding tert-OH is 1. The maximum absolute atomic E-state index is 10.2. The van der Waals surface area contributed by atoms with Crippen molar-refractivity contribution in [3.8, 4) is 11.5 Å². The second-order valence-electron chi connectivity index (χ2n) is 5.25. The minimum absolute atomic E-state index is 0.227. The van der Waals surface area contributed by atoms with Crippen LogP contribution in [0.25, 0.3) is 0 Å². The number of ether oxygens (including phenoxy) is 1. The molecule has 0 saturated carbocycles. The average Bonchev–Trinajstić information content (AvgIpc) is 2.47. The molecule has 0 aromatic heterocycles. The van der Waals surface area contributed by atoms with Gasteiger partial charge >= 0.3 is 0 Å². The van der Waals surface area contributed by atoms with Gasteiger partial charge in [0.05, 0.1) is 6.10 Å². The van der Waals surface area contributed by atoms with E-state index >= 15 is 0 Å². The lowest BCUT2D eigenvalue weighted by Gasteiger charge is -2.22. The monoisotopic (exact) mass is 271 g/mol. The highest BCUT2D eigenvalue weighted by Crippen LogP contribution is 2.25. The predicted molar refractivity (Wildman–Crippen MR) is 80.7 cm³/mol. The fourth-order valence-electron chi connectivity index (χ4n) is 1.94. The van der Waals surface area contributed by atoms with E-state index < -0.39 is 6.10 Å². The third-order valence-corrected chi connectivity index (χ3v) is 3.33. The molecule has 3 N–H and O–H groups in total. The van der Waals surface area contributed by atoms with Crippen molar-refractivity contribution < 1.29 is 9.84 Å². The van der Waals surface area contributed by atoms with Crippen molar-refractivity contribution in [1.29, 1.82) is 0 Å². The Labute approximate surface area is 120 Å². The number of para-hydroxylation sites is 1. The van der Waals surface area contributed by atoms with Crippen LogP contribution in [0.4, 0.5) is 0 Å². The molecule has 0 amide bonds. The van der Waals surface area contributed by atoms with Gasteiger partial charge in [-0.25, -0.2) is 0 Å². The zero-order valence-corrected chi connectivity index (χ0v) is 11.9. The van der Waals surface area contributed by atoms with Gasteiger partial charge in [0.15, 0.2) is 0 Å². The second-order valence-corrected chi connectivity index (χ2v) is 5.25. The summed E-state index contributed by atoms with van der Waals surface area (Å²) in [4.78, 5) is 0. The van der Waals surface area contributed by atoms with Gasteiger partial charge in [-0.05, 0) is 35.7 Å². The van der Waals surface area contributed by atoms with Crippen LogP contribution in [0.5, 0.6) is 11.5 Å². The van der Waals surface area contributed by atoms with Crippen LogP contribution in [0.15, 0.2) is 54.6 Å². The van der Waals surface area contributed by atoms with Crippen LogP contribution >= 0.6 is 0 Å². The summed E-state index contributed by atoms with van der Waals surface area (Å²) in [6.45, 7) is 4.00. The molecule has 2 atom stereocenters. The number of nitrogens with two attached hydrogens (primary N) is 1. The van der Waals surface area contributed by atoms with E-state index in [2.05, 4.69) is 0 Å². The summed E-state index contributed by atoms with van der Waals surface area (Å²) in [6, 6.07) is 16.7. The Morgan fingerprint density at radius 1 is 0.900 bits per heavy atom. The van der Waals surface area contributed by atoms with Gasteiger partial charge in [0, 0.05) is 6.04 Å². The molecule has 2 rings (SSSR count). The zero-order valence-electron chi connectivity index (χ0n) is 11.9. The van der Waals surface area contributed by atoms with Crippen LogP contribution in [0.1, 0.15) is 25.5 Å². The van der Waals surface area contributed by atoms with Gasteiger partial charge in [-0.1, -0.05) is 44.2 Å². The van der Waals surface area contributed by atoms with Gasteiger partial charge in [0.1, 0.15) is 11.5 Å². The molecule has 2 aromatic carbocycles. The average molecular weight is 271 g/mol. The SMILES string of the molecule is CC(C)C(N)C(O)c1ccc(Oc2ccccc2)cc1. The lowest BCUT2D eigenvalue weighted by atomic mass is 9.94. The summed E-state index contributed by atoms with van der Waals surface area (Å²) < 4.78 is 5.71. The van der Waals surface area contributed by atoms with E-state index in [0.717, 1.165) is 17.1 Å². The van der Waals surface area contributed by atoms with Gasteiger partial charge in [-0.2, -0.15) is 0 Å². The smallest absolute Gasteiger partial charge is 0.127 e. The van der Waals surface area contributed by atoms with E-state index in [1.54, 1.807) is 0 Å². The van der Waals surface area contributed by atoms with E-state index in [1.807, 2.05) is 68.4 Å². The fourth-order valence-corrected chi connectivity index (χ4v) is 1.94. The van der Waals surface area contributed by atoms with Crippen LogP contribution in [0, 0.1) is 5.92 Å². The Hall–Kier alpha value is -1.84. The summed E-state index contributed by atoms with van der Waals surface area (Å²) in [5.41, 5.74) is 6.78. The molecule has 0 heterocycles. The number of benzene rings is 2. The molecule has 20 heavy (non-hydrogen) atoms. The maximum atomic E-state index is 10.2. The van der Waals surface area contributed by atoms with Gasteiger partial charge in [0.25, 0.3) is 0 Å². The van der Waals surface area contributed by atoms with E-state index in [-0.39, 0.29) is 12.0 Å². The molecule has 0 bridgehead atoms. The highest BCUT2D eigenvalue weighted by Gasteiger charge is 2.19. The molecule has 0 aliphatic heterocycles. The number of hydrogen-bond acceptors (Lipinski definition) is 3. The van der Waals surface area contributed by atoms with Crippen molar-refractivity contribution >= 4 is 0 Å². The van der Waals surface area contributed by atoms with Gasteiger partial charge in [-0.3, -0.25) is 0 Å². The van der Waals surface area contributed by atoms with Crippen molar-refractivity contribution in [1.82, 2.24) is 0 Å². The molecule has 2 unspecified atom stereocenters. The van der Waals surface area contributed by atoms with Gasteiger partial charge < -0.3 is 15.6 Å². The molecule has 0 aliphatic rings. The highest BCUT2D eigenvalue weighted by molar-refractivity contribution is 5.33. The molecule has 0 aliphatic carbocycles. The Morgan fingerprint density at radius 3 is 2.00 bits per heavy atom. The van der Waals surface area contributed by atoms with Crippen LogP contribution in [0.2, 0.25) is 0 Å². The summed E-state index contributed by atoms with van der Waals surface area (Å²) in [6.07, 6.45) is -0.652. The summed E-state index contributed by atoms with van der Waals surface area (Å²) >= 11 is 0. The molecule has 3 nitrogen and oxygen atoms in total. The van der Waals surface area contributed by atoms with E-state index in [4.69, 9.17) is 10.5 Å². The predicted octanol–water partition coefficient (Wildman–Crippen LogP) is 3.50. The fraction of sp³-hybridized carbons (Fsp3) is 0.294. The van der Waals surface area contributed by atoms with Crippen LogP contribution in [0.3, 0.4) is 0 Å². The minimum Gasteiger partial charge on any atom is -0.457 e. The third-order valence-electron chi connectivity index (χ3n) is 3.33. The lowest BCUT2D eigenvalue weighted by molar-refractivity contribution is 0.126. The minimum atomic E-state index is -0.652. The molecular weight excluding hydrogens is 250 g/mol. The van der Waals surface area contributed by atoms with Crippen LogP contribution in [-0.4, -0.2) is 11.1 Å². The third kappa shape index (κ3) is 3.59. The van der Waals surface area contributed by atoms with E-state index in [0.29, 0.717) is 0 Å². The molecule has 0 saturated heterocycles. The number of hydrogen-bond donors (Lipinski definition) is 2. The molecular formula is C17H21NO2. The molecule has 0 fully saturated rings. The van der Waals surface area contributed by atoms with Crippen molar-refractivity contribution in [3.05, 3.63) is 60.2 Å². The Morgan fingerprint density at radius 2 is 1.45 bits per heavy atom. The van der Waals surface area contributed by atoms with Crippen LogP contribution in [-0.2, 0) is 0 Å². The quantitative estimate of drug-likeness (QED) is 0.875. The largest absolute Gasteiger partial charge is 0.457 e. The molecule has 106 valence electrons. The van der Waals surface area contributed by atoms with Crippen molar-refractivity contribution in [2.75, 3.05) is 0 Å². The van der Waals surface area contributed by atoms with Crippen molar-refractivity contribution in [2.24, 2.45) is 11.7 Å². The summed E-state index contributed by atoms with van der Waals surface area (Å²) in [5.74, 6) is 1.76. The second kappa shape index (κ2) is 6.55. The number of rotatable bonds is 5. The van der Waals surface area contributed by atoms with Crippen molar-refractivity contribution in [2.45, 2.75) is 26.0 Å². The zero-order chi connectivity index (χ0) is 14.5.